The van der Waals surface area contributed by atoms with Gasteiger partial charge >= 0.3 is 0 Å². The van der Waals surface area contributed by atoms with Crippen molar-refractivity contribution in [2.75, 3.05) is 18.4 Å². The molecule has 27 heavy (non-hydrogen) atoms. The van der Waals surface area contributed by atoms with Gasteiger partial charge in [-0.05, 0) is 36.2 Å². The second-order valence-corrected chi connectivity index (χ2v) is 6.23. The maximum absolute atomic E-state index is 11.9. The van der Waals surface area contributed by atoms with E-state index in [0.29, 0.717) is 12.4 Å². The van der Waals surface area contributed by atoms with Crippen LogP contribution in [0.15, 0.2) is 60.9 Å². The minimum absolute atomic E-state index is 0.143. The maximum Gasteiger partial charge on any atom is 0.232 e. The molecular weight excluding hydrogens is 342 g/mol. The Labute approximate surface area is 157 Å². The number of carbonyl (C=O) groups excluding carboxylic acids is 1. The summed E-state index contributed by atoms with van der Waals surface area (Å²) in [6.07, 6.45) is 1.88. The van der Waals surface area contributed by atoms with Crippen LogP contribution in [0.5, 0.6) is 0 Å². The first kappa shape index (κ1) is 18.8. The summed E-state index contributed by atoms with van der Waals surface area (Å²) in [5.74, 6) is 0.393. The van der Waals surface area contributed by atoms with Gasteiger partial charge in [0.05, 0.1) is 12.5 Å². The standard InChI is InChI=1S/C20H23N5O2/c26-18(16-4-2-1-3-5-16)13-21-11-10-15-6-8-17(9-7-15)24-20(27)12-19-22-14-23-25-19/h1-9,14,18,21,26H,10-13H2,(H,24,27)(H,22,23,25). The van der Waals surface area contributed by atoms with Gasteiger partial charge in [0.1, 0.15) is 12.2 Å². The van der Waals surface area contributed by atoms with Crippen molar-refractivity contribution in [3.63, 3.8) is 0 Å². The number of aliphatic hydroxyl groups excluding tert-OH is 1. The van der Waals surface area contributed by atoms with E-state index < -0.39 is 6.10 Å². The molecule has 0 aliphatic carbocycles. The molecule has 140 valence electrons. The van der Waals surface area contributed by atoms with Crippen LogP contribution >= 0.6 is 0 Å². The highest BCUT2D eigenvalue weighted by atomic mass is 16.3. The number of aliphatic hydroxyl groups is 1. The predicted octanol–water partition coefficient (Wildman–Crippen LogP) is 1.85. The fourth-order valence-electron chi connectivity index (χ4n) is 2.69. The summed E-state index contributed by atoms with van der Waals surface area (Å²) in [5, 5.41) is 22.6. The molecule has 0 aliphatic rings. The van der Waals surface area contributed by atoms with E-state index in [4.69, 9.17) is 0 Å². The summed E-state index contributed by atoms with van der Waals surface area (Å²) in [7, 11) is 0. The van der Waals surface area contributed by atoms with Crippen LogP contribution in [0.25, 0.3) is 0 Å². The predicted molar refractivity (Wildman–Crippen MR) is 103 cm³/mol. The van der Waals surface area contributed by atoms with Gasteiger partial charge in [0, 0.05) is 12.2 Å². The van der Waals surface area contributed by atoms with Gasteiger partial charge in [0.2, 0.25) is 5.91 Å². The lowest BCUT2D eigenvalue weighted by molar-refractivity contribution is -0.115. The summed E-state index contributed by atoms with van der Waals surface area (Å²) < 4.78 is 0. The first-order chi connectivity index (χ1) is 13.2. The van der Waals surface area contributed by atoms with Crippen LogP contribution in [-0.4, -0.2) is 39.3 Å². The van der Waals surface area contributed by atoms with Crippen LogP contribution in [0.3, 0.4) is 0 Å². The van der Waals surface area contributed by atoms with Crippen LogP contribution in [0.2, 0.25) is 0 Å². The highest BCUT2D eigenvalue weighted by Gasteiger charge is 2.07. The number of nitrogens with zero attached hydrogens (tertiary/aromatic N) is 2. The average molecular weight is 365 g/mol. The van der Waals surface area contributed by atoms with Crippen LogP contribution < -0.4 is 10.6 Å². The molecule has 1 heterocycles. The van der Waals surface area contributed by atoms with Crippen molar-refractivity contribution in [2.45, 2.75) is 18.9 Å². The Bertz CT molecular complexity index is 819. The molecule has 1 aromatic heterocycles. The molecule has 7 heteroatoms. The number of aromatic nitrogens is 3. The summed E-state index contributed by atoms with van der Waals surface area (Å²) >= 11 is 0. The molecule has 4 N–H and O–H groups in total. The van der Waals surface area contributed by atoms with Crippen molar-refractivity contribution in [1.82, 2.24) is 20.5 Å². The van der Waals surface area contributed by atoms with Gasteiger partial charge in [-0.3, -0.25) is 9.89 Å². The Morgan fingerprint density at radius 3 is 2.59 bits per heavy atom. The number of H-pyrrole nitrogens is 1. The second-order valence-electron chi connectivity index (χ2n) is 6.23. The summed E-state index contributed by atoms with van der Waals surface area (Å²) in [5.41, 5.74) is 2.82. The van der Waals surface area contributed by atoms with Crippen molar-refractivity contribution in [1.29, 1.82) is 0 Å². The van der Waals surface area contributed by atoms with E-state index in [0.717, 1.165) is 29.8 Å². The van der Waals surface area contributed by atoms with Gasteiger partial charge in [-0.25, -0.2) is 4.98 Å². The number of benzene rings is 2. The number of anilines is 1. The lowest BCUT2D eigenvalue weighted by Gasteiger charge is -2.12. The van der Waals surface area contributed by atoms with E-state index in [1.54, 1.807) is 0 Å². The Morgan fingerprint density at radius 1 is 1.11 bits per heavy atom. The Hall–Kier alpha value is -3.03. The topological polar surface area (TPSA) is 103 Å². The van der Waals surface area contributed by atoms with Gasteiger partial charge in [-0.1, -0.05) is 42.5 Å². The van der Waals surface area contributed by atoms with Crippen LogP contribution in [0.1, 0.15) is 23.1 Å². The van der Waals surface area contributed by atoms with Crippen molar-refractivity contribution < 1.29 is 9.90 Å². The third-order valence-corrected chi connectivity index (χ3v) is 4.14. The lowest BCUT2D eigenvalue weighted by Crippen LogP contribution is -2.23. The zero-order chi connectivity index (χ0) is 18.9. The molecule has 1 amide bonds. The van der Waals surface area contributed by atoms with Crippen LogP contribution in [0.4, 0.5) is 5.69 Å². The second kappa shape index (κ2) is 9.61. The average Bonchev–Trinajstić information content (AvgIpc) is 3.20. The normalized spacial score (nSPS) is 11.9. The number of rotatable bonds is 9. The Morgan fingerprint density at radius 2 is 1.89 bits per heavy atom. The van der Waals surface area contributed by atoms with Gasteiger partial charge in [0.25, 0.3) is 0 Å². The largest absolute Gasteiger partial charge is 0.387 e. The fraction of sp³-hybridized carbons (Fsp3) is 0.250. The van der Waals surface area contributed by atoms with Crippen molar-refractivity contribution in [3.05, 3.63) is 77.9 Å². The smallest absolute Gasteiger partial charge is 0.232 e. The minimum atomic E-state index is -0.506. The minimum Gasteiger partial charge on any atom is -0.387 e. The third kappa shape index (κ3) is 6.02. The molecular formula is C20H23N5O2. The molecule has 0 radical (unpaired) electrons. The molecule has 7 nitrogen and oxygen atoms in total. The highest BCUT2D eigenvalue weighted by Crippen LogP contribution is 2.12. The number of nitrogens with one attached hydrogen (secondary N) is 3. The van der Waals surface area contributed by atoms with Gasteiger partial charge in [-0.15, -0.1) is 0 Å². The molecule has 0 saturated carbocycles. The molecule has 0 aliphatic heterocycles. The number of hydrogen-bond acceptors (Lipinski definition) is 5. The van der Waals surface area contributed by atoms with E-state index in [1.807, 2.05) is 54.6 Å². The summed E-state index contributed by atoms with van der Waals surface area (Å²) in [4.78, 5) is 15.9. The van der Waals surface area contributed by atoms with Gasteiger partial charge in [0.15, 0.2) is 0 Å². The van der Waals surface area contributed by atoms with Crippen LogP contribution in [0, 0.1) is 0 Å². The molecule has 0 saturated heterocycles. The zero-order valence-corrected chi connectivity index (χ0v) is 14.9. The molecule has 0 bridgehead atoms. The SMILES string of the molecule is O=C(Cc1ncn[nH]1)Nc1ccc(CCNCC(O)c2ccccc2)cc1. The quantitative estimate of drug-likeness (QED) is 0.433. The van der Waals surface area contributed by atoms with Crippen molar-refractivity contribution in [3.8, 4) is 0 Å². The van der Waals surface area contributed by atoms with E-state index in [2.05, 4.69) is 25.8 Å². The number of amides is 1. The summed E-state index contributed by atoms with van der Waals surface area (Å²) in [6.45, 7) is 1.28. The number of aromatic amines is 1. The summed E-state index contributed by atoms with van der Waals surface area (Å²) in [6, 6.07) is 17.3. The zero-order valence-electron chi connectivity index (χ0n) is 14.9. The molecule has 1 atom stereocenters. The molecule has 2 aromatic carbocycles. The Balaban J connectivity index is 1.38. The van der Waals surface area contributed by atoms with Gasteiger partial charge < -0.3 is 15.7 Å². The highest BCUT2D eigenvalue weighted by molar-refractivity contribution is 5.91. The number of hydrogen-bond donors (Lipinski definition) is 4. The van der Waals surface area contributed by atoms with Crippen molar-refractivity contribution in [2.24, 2.45) is 0 Å². The first-order valence-corrected chi connectivity index (χ1v) is 8.87. The lowest BCUT2D eigenvalue weighted by atomic mass is 10.1. The molecule has 3 aromatic rings. The molecule has 0 spiro atoms. The van der Waals surface area contributed by atoms with E-state index in [9.17, 15) is 9.90 Å². The monoisotopic (exact) mass is 365 g/mol. The van der Waals surface area contributed by atoms with E-state index in [-0.39, 0.29) is 12.3 Å². The van der Waals surface area contributed by atoms with E-state index in [1.165, 1.54) is 6.33 Å². The van der Waals surface area contributed by atoms with Gasteiger partial charge in [-0.2, -0.15) is 5.10 Å². The fourth-order valence-corrected chi connectivity index (χ4v) is 2.69. The molecule has 0 fully saturated rings. The molecule has 3 rings (SSSR count). The number of carbonyl (C=O) groups is 1. The van der Waals surface area contributed by atoms with E-state index >= 15 is 0 Å². The van der Waals surface area contributed by atoms with Crippen LogP contribution in [-0.2, 0) is 17.6 Å². The third-order valence-electron chi connectivity index (χ3n) is 4.14. The molecule has 1 unspecified atom stereocenters. The Kier molecular flexibility index (Phi) is 6.67. The first-order valence-electron chi connectivity index (χ1n) is 8.87. The van der Waals surface area contributed by atoms with Crippen molar-refractivity contribution >= 4 is 11.6 Å². The maximum atomic E-state index is 11.9.